The molecular weight excluding hydrogens is 172 g/mol. The molecule has 14 heavy (non-hydrogen) atoms. The van der Waals surface area contributed by atoms with Gasteiger partial charge in [-0.25, -0.2) is 0 Å². The highest BCUT2D eigenvalue weighted by Gasteiger charge is 2.27. The highest BCUT2D eigenvalue weighted by Crippen LogP contribution is 2.17. The van der Waals surface area contributed by atoms with Crippen molar-refractivity contribution in [1.82, 2.24) is 10.2 Å². The molecule has 3 unspecified atom stereocenters. The second-order valence-corrected chi connectivity index (χ2v) is 4.71. The van der Waals surface area contributed by atoms with E-state index in [1.807, 2.05) is 0 Å². The lowest BCUT2D eigenvalue weighted by atomic mass is 10.0. The summed E-state index contributed by atoms with van der Waals surface area (Å²) in [5.74, 6) is 0. The average Bonchev–Trinajstić information content (AvgIpc) is 2.20. The van der Waals surface area contributed by atoms with Gasteiger partial charge in [0, 0.05) is 31.2 Å². The van der Waals surface area contributed by atoms with Gasteiger partial charge in [0.2, 0.25) is 0 Å². The summed E-state index contributed by atoms with van der Waals surface area (Å²) in [4.78, 5) is 2.70. The first-order valence-electron chi connectivity index (χ1n) is 6.18. The molecule has 84 valence electrons. The highest BCUT2D eigenvalue weighted by molar-refractivity contribution is 4.86. The van der Waals surface area contributed by atoms with E-state index in [4.69, 9.17) is 0 Å². The van der Waals surface area contributed by atoms with Gasteiger partial charge in [0.25, 0.3) is 0 Å². The zero-order valence-electron chi connectivity index (χ0n) is 10.2. The monoisotopic (exact) mass is 198 g/mol. The third-order valence-corrected chi connectivity index (χ3v) is 3.43. The topological polar surface area (TPSA) is 15.3 Å². The van der Waals surface area contributed by atoms with Gasteiger partial charge in [-0.3, -0.25) is 4.90 Å². The molecule has 0 amide bonds. The van der Waals surface area contributed by atoms with Crippen LogP contribution in [0.5, 0.6) is 0 Å². The molecule has 1 heterocycles. The van der Waals surface area contributed by atoms with Crippen molar-refractivity contribution in [1.29, 1.82) is 0 Å². The van der Waals surface area contributed by atoms with Gasteiger partial charge >= 0.3 is 0 Å². The molecule has 0 spiro atoms. The molecule has 1 N–H and O–H groups in total. The molecule has 0 aromatic heterocycles. The van der Waals surface area contributed by atoms with Crippen LogP contribution in [0.15, 0.2) is 0 Å². The number of piperazine rings is 1. The number of hydrogen-bond acceptors (Lipinski definition) is 2. The van der Waals surface area contributed by atoms with Crippen molar-refractivity contribution in [2.75, 3.05) is 13.1 Å². The summed E-state index contributed by atoms with van der Waals surface area (Å²) in [6.45, 7) is 11.6. The van der Waals surface area contributed by atoms with Crippen molar-refractivity contribution in [2.24, 2.45) is 0 Å². The molecule has 1 aliphatic rings. The van der Waals surface area contributed by atoms with Gasteiger partial charge in [-0.15, -0.1) is 0 Å². The lowest BCUT2D eigenvalue weighted by Crippen LogP contribution is -2.57. The molecule has 0 bridgehead atoms. The summed E-state index contributed by atoms with van der Waals surface area (Å²) < 4.78 is 0. The van der Waals surface area contributed by atoms with E-state index in [1.165, 1.54) is 32.4 Å². The second kappa shape index (κ2) is 5.72. The first kappa shape index (κ1) is 12.0. The quantitative estimate of drug-likeness (QED) is 0.745. The average molecular weight is 198 g/mol. The van der Waals surface area contributed by atoms with Crippen molar-refractivity contribution < 1.29 is 0 Å². The fourth-order valence-electron chi connectivity index (χ4n) is 2.36. The summed E-state index contributed by atoms with van der Waals surface area (Å²) in [5, 5.41) is 3.58. The fraction of sp³-hybridized carbons (Fsp3) is 1.00. The van der Waals surface area contributed by atoms with Gasteiger partial charge < -0.3 is 5.32 Å². The molecule has 2 heteroatoms. The van der Waals surface area contributed by atoms with Crippen LogP contribution >= 0.6 is 0 Å². The molecule has 0 saturated carbocycles. The molecule has 3 atom stereocenters. The Morgan fingerprint density at radius 3 is 2.71 bits per heavy atom. The fourth-order valence-corrected chi connectivity index (χ4v) is 2.36. The lowest BCUT2D eigenvalue weighted by Gasteiger charge is -2.42. The van der Waals surface area contributed by atoms with Gasteiger partial charge in [-0.1, -0.05) is 20.3 Å². The van der Waals surface area contributed by atoms with Crippen molar-refractivity contribution in [2.45, 2.75) is 65.1 Å². The van der Waals surface area contributed by atoms with E-state index in [2.05, 4.69) is 37.9 Å². The van der Waals surface area contributed by atoms with E-state index in [9.17, 15) is 0 Å². The Bertz CT molecular complexity index is 158. The Morgan fingerprint density at radius 1 is 1.43 bits per heavy atom. The first-order valence-corrected chi connectivity index (χ1v) is 6.18. The molecule has 0 aromatic rings. The minimum atomic E-state index is 0.664. The maximum atomic E-state index is 3.58. The molecule has 0 aliphatic carbocycles. The van der Waals surface area contributed by atoms with Crippen LogP contribution in [0.2, 0.25) is 0 Å². The van der Waals surface area contributed by atoms with Crippen LogP contribution in [0, 0.1) is 0 Å². The van der Waals surface area contributed by atoms with Crippen LogP contribution in [0.1, 0.15) is 47.0 Å². The predicted octanol–water partition coefficient (Wildman–Crippen LogP) is 2.25. The molecular formula is C12H26N2. The summed E-state index contributed by atoms with van der Waals surface area (Å²) in [6, 6.07) is 2.18. The van der Waals surface area contributed by atoms with Gasteiger partial charge in [-0.05, 0) is 26.7 Å². The predicted molar refractivity (Wildman–Crippen MR) is 62.6 cm³/mol. The van der Waals surface area contributed by atoms with Crippen molar-refractivity contribution in [3.05, 3.63) is 0 Å². The summed E-state index contributed by atoms with van der Waals surface area (Å²) in [5.41, 5.74) is 0. The minimum Gasteiger partial charge on any atom is -0.311 e. The van der Waals surface area contributed by atoms with Crippen LogP contribution in [-0.4, -0.2) is 36.1 Å². The van der Waals surface area contributed by atoms with Crippen LogP contribution in [0.4, 0.5) is 0 Å². The number of hydrogen-bond donors (Lipinski definition) is 1. The van der Waals surface area contributed by atoms with Crippen LogP contribution in [-0.2, 0) is 0 Å². The third-order valence-electron chi connectivity index (χ3n) is 3.43. The molecule has 1 fully saturated rings. The number of rotatable bonds is 4. The van der Waals surface area contributed by atoms with Crippen LogP contribution in [0.3, 0.4) is 0 Å². The molecule has 1 aliphatic heterocycles. The van der Waals surface area contributed by atoms with Crippen LogP contribution < -0.4 is 5.32 Å². The second-order valence-electron chi connectivity index (χ2n) is 4.71. The van der Waals surface area contributed by atoms with Crippen LogP contribution in [0.25, 0.3) is 0 Å². The molecule has 1 rings (SSSR count). The Kier molecular flexibility index (Phi) is 4.90. The van der Waals surface area contributed by atoms with E-state index < -0.39 is 0 Å². The maximum absolute atomic E-state index is 3.58. The highest BCUT2D eigenvalue weighted by atomic mass is 15.2. The standard InChI is InChI=1S/C12H26N2/c1-5-7-12-8-13-10(3)9-14(12)11(4)6-2/h10-13H,5-9H2,1-4H3. The molecule has 2 nitrogen and oxygen atoms in total. The molecule has 0 radical (unpaired) electrons. The van der Waals surface area contributed by atoms with Gasteiger partial charge in [0.05, 0.1) is 0 Å². The van der Waals surface area contributed by atoms with Gasteiger partial charge in [-0.2, -0.15) is 0 Å². The Hall–Kier alpha value is -0.0800. The van der Waals surface area contributed by atoms with E-state index in [1.54, 1.807) is 0 Å². The Balaban J connectivity index is 2.53. The maximum Gasteiger partial charge on any atom is 0.0224 e. The summed E-state index contributed by atoms with van der Waals surface area (Å²) in [7, 11) is 0. The lowest BCUT2D eigenvalue weighted by molar-refractivity contribution is 0.0853. The smallest absolute Gasteiger partial charge is 0.0224 e. The Labute approximate surface area is 89.1 Å². The molecule has 0 aromatic carbocycles. The number of nitrogens with zero attached hydrogens (tertiary/aromatic N) is 1. The molecule has 1 saturated heterocycles. The number of nitrogens with one attached hydrogen (secondary N) is 1. The van der Waals surface area contributed by atoms with E-state index in [0.29, 0.717) is 6.04 Å². The van der Waals surface area contributed by atoms with Crippen molar-refractivity contribution in [3.8, 4) is 0 Å². The first-order chi connectivity index (χ1) is 6.69. The summed E-state index contributed by atoms with van der Waals surface area (Å²) >= 11 is 0. The normalized spacial score (nSPS) is 31.7. The van der Waals surface area contributed by atoms with E-state index in [-0.39, 0.29) is 0 Å². The Morgan fingerprint density at radius 2 is 2.14 bits per heavy atom. The van der Waals surface area contributed by atoms with E-state index >= 15 is 0 Å². The van der Waals surface area contributed by atoms with E-state index in [0.717, 1.165) is 12.1 Å². The van der Waals surface area contributed by atoms with Crippen molar-refractivity contribution in [3.63, 3.8) is 0 Å². The van der Waals surface area contributed by atoms with Gasteiger partial charge in [0.1, 0.15) is 0 Å². The largest absolute Gasteiger partial charge is 0.311 e. The van der Waals surface area contributed by atoms with Gasteiger partial charge in [0.15, 0.2) is 0 Å². The SMILES string of the molecule is CCCC1CNC(C)CN1C(C)CC. The zero-order chi connectivity index (χ0) is 10.6. The minimum absolute atomic E-state index is 0.664. The van der Waals surface area contributed by atoms with Crippen molar-refractivity contribution >= 4 is 0 Å². The zero-order valence-corrected chi connectivity index (χ0v) is 10.2. The summed E-state index contributed by atoms with van der Waals surface area (Å²) in [6.07, 6.45) is 3.91. The third kappa shape index (κ3) is 2.96.